The zero-order chi connectivity index (χ0) is 15.8. The largest absolute Gasteiger partial charge is 0.353 e. The van der Waals surface area contributed by atoms with Crippen molar-refractivity contribution in [2.75, 3.05) is 6.54 Å². The molecule has 0 fully saturated rings. The van der Waals surface area contributed by atoms with Gasteiger partial charge in [0.25, 0.3) is 0 Å². The van der Waals surface area contributed by atoms with Crippen molar-refractivity contribution in [2.24, 2.45) is 0 Å². The Labute approximate surface area is 136 Å². The standard InChI is InChI=1S/C19H20ClNO/c1-15-4-2-5-17(14-15)6-3-13-21-19(22)12-9-16-7-10-18(20)11-8-16/h2,4-5,7-12,14H,3,6,13H2,1H3,(H,21,22)/b12-9+. The number of amides is 1. The van der Waals surface area contributed by atoms with Crippen molar-refractivity contribution in [3.63, 3.8) is 0 Å². The number of benzene rings is 2. The van der Waals surface area contributed by atoms with Gasteiger partial charge in [-0.3, -0.25) is 4.79 Å². The monoisotopic (exact) mass is 313 g/mol. The molecule has 0 aliphatic heterocycles. The van der Waals surface area contributed by atoms with Gasteiger partial charge in [0.05, 0.1) is 0 Å². The van der Waals surface area contributed by atoms with Crippen molar-refractivity contribution in [1.82, 2.24) is 5.32 Å². The van der Waals surface area contributed by atoms with E-state index in [1.807, 2.05) is 12.1 Å². The van der Waals surface area contributed by atoms with E-state index >= 15 is 0 Å². The van der Waals surface area contributed by atoms with Gasteiger partial charge in [-0.15, -0.1) is 0 Å². The van der Waals surface area contributed by atoms with Crippen molar-refractivity contribution in [1.29, 1.82) is 0 Å². The van der Waals surface area contributed by atoms with E-state index in [0.717, 1.165) is 18.4 Å². The lowest BCUT2D eigenvalue weighted by molar-refractivity contribution is -0.116. The summed E-state index contributed by atoms with van der Waals surface area (Å²) >= 11 is 5.82. The van der Waals surface area contributed by atoms with Gasteiger partial charge in [-0.2, -0.15) is 0 Å². The molecule has 0 aliphatic rings. The van der Waals surface area contributed by atoms with Crippen LogP contribution in [0.3, 0.4) is 0 Å². The Kier molecular flexibility index (Phi) is 6.23. The third-order valence-corrected chi connectivity index (χ3v) is 3.57. The fraction of sp³-hybridized carbons (Fsp3) is 0.211. The van der Waals surface area contributed by atoms with E-state index < -0.39 is 0 Å². The van der Waals surface area contributed by atoms with E-state index in [1.54, 1.807) is 24.3 Å². The molecule has 0 saturated heterocycles. The molecule has 0 atom stereocenters. The maximum Gasteiger partial charge on any atom is 0.243 e. The Morgan fingerprint density at radius 3 is 2.68 bits per heavy atom. The fourth-order valence-corrected chi connectivity index (χ4v) is 2.30. The lowest BCUT2D eigenvalue weighted by Crippen LogP contribution is -2.22. The van der Waals surface area contributed by atoms with Gasteiger partial charge in [-0.25, -0.2) is 0 Å². The summed E-state index contributed by atoms with van der Waals surface area (Å²) in [6.07, 6.45) is 5.24. The molecule has 0 unspecified atom stereocenters. The van der Waals surface area contributed by atoms with E-state index in [4.69, 9.17) is 11.6 Å². The van der Waals surface area contributed by atoms with Crippen LogP contribution in [0.5, 0.6) is 0 Å². The molecule has 0 aliphatic carbocycles. The van der Waals surface area contributed by atoms with Crippen molar-refractivity contribution in [3.8, 4) is 0 Å². The highest BCUT2D eigenvalue weighted by Crippen LogP contribution is 2.10. The van der Waals surface area contributed by atoms with Crippen molar-refractivity contribution >= 4 is 23.6 Å². The molecule has 2 nitrogen and oxygen atoms in total. The number of rotatable bonds is 6. The van der Waals surface area contributed by atoms with E-state index in [2.05, 4.69) is 36.5 Å². The second-order valence-electron chi connectivity index (χ2n) is 5.27. The van der Waals surface area contributed by atoms with E-state index in [-0.39, 0.29) is 5.91 Å². The smallest absolute Gasteiger partial charge is 0.243 e. The SMILES string of the molecule is Cc1cccc(CCCNC(=O)/C=C/c2ccc(Cl)cc2)c1. The number of nitrogens with one attached hydrogen (secondary N) is 1. The minimum absolute atomic E-state index is 0.0702. The molecule has 0 saturated carbocycles. The lowest BCUT2D eigenvalue weighted by Gasteiger charge is -2.04. The molecule has 2 rings (SSSR count). The first kappa shape index (κ1) is 16.3. The van der Waals surface area contributed by atoms with Crippen LogP contribution >= 0.6 is 11.6 Å². The van der Waals surface area contributed by atoms with Crippen molar-refractivity contribution < 1.29 is 4.79 Å². The van der Waals surface area contributed by atoms with Crippen LogP contribution in [0.15, 0.2) is 54.6 Å². The third-order valence-electron chi connectivity index (χ3n) is 3.32. The fourth-order valence-electron chi connectivity index (χ4n) is 2.18. The van der Waals surface area contributed by atoms with Gasteiger partial charge in [0.15, 0.2) is 0 Å². The second-order valence-corrected chi connectivity index (χ2v) is 5.70. The summed E-state index contributed by atoms with van der Waals surface area (Å²) in [5.41, 5.74) is 3.54. The van der Waals surface area contributed by atoms with Gasteiger partial charge < -0.3 is 5.32 Å². The van der Waals surface area contributed by atoms with Crippen molar-refractivity contribution in [2.45, 2.75) is 19.8 Å². The summed E-state index contributed by atoms with van der Waals surface area (Å²) < 4.78 is 0. The molecule has 1 amide bonds. The van der Waals surface area contributed by atoms with E-state index in [0.29, 0.717) is 11.6 Å². The Bertz CT molecular complexity index is 647. The van der Waals surface area contributed by atoms with Gasteiger partial charge in [0, 0.05) is 17.6 Å². The molecule has 3 heteroatoms. The summed E-state index contributed by atoms with van der Waals surface area (Å²) in [4.78, 5) is 11.7. The molecule has 114 valence electrons. The molecule has 2 aromatic carbocycles. The number of hydrogen-bond donors (Lipinski definition) is 1. The second kappa shape index (κ2) is 8.40. The molecule has 22 heavy (non-hydrogen) atoms. The summed E-state index contributed by atoms with van der Waals surface area (Å²) in [7, 11) is 0. The van der Waals surface area contributed by atoms with E-state index in [1.165, 1.54) is 11.1 Å². The Morgan fingerprint density at radius 2 is 1.95 bits per heavy atom. The number of aryl methyl sites for hydroxylation is 2. The zero-order valence-electron chi connectivity index (χ0n) is 12.7. The third kappa shape index (κ3) is 5.74. The molecule has 1 N–H and O–H groups in total. The van der Waals surface area contributed by atoms with Crippen LogP contribution in [0.25, 0.3) is 6.08 Å². The number of hydrogen-bond acceptors (Lipinski definition) is 1. The molecular weight excluding hydrogens is 294 g/mol. The topological polar surface area (TPSA) is 29.1 Å². The summed E-state index contributed by atoms with van der Waals surface area (Å²) in [5, 5.41) is 3.59. The Morgan fingerprint density at radius 1 is 1.18 bits per heavy atom. The van der Waals surface area contributed by atoms with Crippen molar-refractivity contribution in [3.05, 3.63) is 76.3 Å². The van der Waals surface area contributed by atoms with Crippen LogP contribution in [0, 0.1) is 6.92 Å². The minimum Gasteiger partial charge on any atom is -0.353 e. The van der Waals surface area contributed by atoms with Gasteiger partial charge in [-0.1, -0.05) is 53.6 Å². The van der Waals surface area contributed by atoms with Gasteiger partial charge in [0.2, 0.25) is 5.91 Å². The highest BCUT2D eigenvalue weighted by Gasteiger charge is 1.97. The van der Waals surface area contributed by atoms with E-state index in [9.17, 15) is 4.79 Å². The molecular formula is C19H20ClNO. The molecule has 0 aromatic heterocycles. The number of carbonyl (C=O) groups excluding carboxylic acids is 1. The Balaban J connectivity index is 1.70. The van der Waals surface area contributed by atoms with Crippen LogP contribution in [-0.4, -0.2) is 12.5 Å². The molecule has 0 bridgehead atoms. The van der Waals surface area contributed by atoms with Crippen LogP contribution in [-0.2, 0) is 11.2 Å². The van der Waals surface area contributed by atoms with Gasteiger partial charge in [0.1, 0.15) is 0 Å². The maximum absolute atomic E-state index is 11.7. The minimum atomic E-state index is -0.0702. The molecule has 0 spiro atoms. The number of carbonyl (C=O) groups is 1. The van der Waals surface area contributed by atoms with Crippen LogP contribution < -0.4 is 5.32 Å². The van der Waals surface area contributed by atoms with Crippen LogP contribution in [0.2, 0.25) is 5.02 Å². The van der Waals surface area contributed by atoms with Gasteiger partial charge >= 0.3 is 0 Å². The molecule has 2 aromatic rings. The average molecular weight is 314 g/mol. The summed E-state index contributed by atoms with van der Waals surface area (Å²) in [5.74, 6) is -0.0702. The Hall–Kier alpha value is -2.06. The average Bonchev–Trinajstić information content (AvgIpc) is 2.51. The predicted octanol–water partition coefficient (Wildman–Crippen LogP) is 4.41. The summed E-state index contributed by atoms with van der Waals surface area (Å²) in [6.45, 7) is 2.77. The lowest BCUT2D eigenvalue weighted by atomic mass is 10.1. The first-order valence-corrected chi connectivity index (χ1v) is 7.78. The number of halogens is 1. The molecule has 0 radical (unpaired) electrons. The quantitative estimate of drug-likeness (QED) is 0.621. The first-order chi connectivity index (χ1) is 10.6. The summed E-state index contributed by atoms with van der Waals surface area (Å²) in [6, 6.07) is 15.8. The molecule has 0 heterocycles. The first-order valence-electron chi connectivity index (χ1n) is 7.40. The highest BCUT2D eigenvalue weighted by atomic mass is 35.5. The van der Waals surface area contributed by atoms with Gasteiger partial charge in [-0.05, 0) is 49.1 Å². The normalized spacial score (nSPS) is 10.8. The maximum atomic E-state index is 11.7. The zero-order valence-corrected chi connectivity index (χ0v) is 13.4. The van der Waals surface area contributed by atoms with Crippen LogP contribution in [0.4, 0.5) is 0 Å². The predicted molar refractivity (Wildman–Crippen MR) is 93.0 cm³/mol. The van der Waals surface area contributed by atoms with Crippen LogP contribution in [0.1, 0.15) is 23.1 Å². The highest BCUT2D eigenvalue weighted by molar-refractivity contribution is 6.30.